The number of nitrogens with zero attached hydrogens (tertiary/aromatic N) is 2. The number of aromatic amines is 2. The number of ether oxygens (including phenoxy) is 2. The second-order valence-corrected chi connectivity index (χ2v) is 12.1. The van der Waals surface area contributed by atoms with Crippen molar-refractivity contribution in [3.8, 4) is 21.0 Å². The Bertz CT molecular complexity index is 1840. The molecule has 18 heteroatoms. The first-order chi connectivity index (χ1) is 20.2. The van der Waals surface area contributed by atoms with Gasteiger partial charge in [0.15, 0.2) is 0 Å². The van der Waals surface area contributed by atoms with E-state index in [1.165, 1.54) is 25.0 Å². The number of benzene rings is 2. The van der Waals surface area contributed by atoms with Crippen molar-refractivity contribution in [2.24, 2.45) is 0 Å². The molecule has 2 atom stereocenters. The monoisotopic (exact) mass is 740 g/mol. The Morgan fingerprint density at radius 1 is 0.818 bits per heavy atom. The minimum atomic E-state index is -0.995. The molecule has 6 rings (SSSR count). The van der Waals surface area contributed by atoms with Crippen LogP contribution in [0.15, 0.2) is 48.7 Å². The largest absolute Gasteiger partial charge is 2.00 e. The fraction of sp³-hybridized carbons (Fsp3) is 0.0769. The summed E-state index contributed by atoms with van der Waals surface area (Å²) < 4.78 is 9.98. The normalized spacial score (nSPS) is 10.5. The number of rotatable bonds is 6. The number of carbonyl (C=O) groups excluding carboxylic acids is 4. The number of thiophene rings is 2. The van der Waals surface area contributed by atoms with E-state index in [1.54, 1.807) is 28.9 Å². The van der Waals surface area contributed by atoms with Gasteiger partial charge in [0.25, 0.3) is 0 Å². The van der Waals surface area contributed by atoms with Crippen LogP contribution in [0.5, 0.6) is 0 Å². The minimum Gasteiger partial charge on any atom is -0.632 e. The molecule has 4 heterocycles. The third kappa shape index (κ3) is 9.47. The van der Waals surface area contributed by atoms with E-state index >= 15 is 0 Å². The second-order valence-electron chi connectivity index (χ2n) is 8.05. The predicted octanol–water partition coefficient (Wildman–Crippen LogP) is 6.40. The molecule has 222 valence electrons. The molecule has 6 aromatic rings. The average molecular weight is 740 g/mol. The number of amides is 2. The Balaban J connectivity index is 0.000000493. The smallest absolute Gasteiger partial charge is 0.632 e. The number of hydrogen-bond donors (Lipinski definition) is 2. The van der Waals surface area contributed by atoms with E-state index in [9.17, 15) is 19.2 Å². The fourth-order valence-electron chi connectivity index (χ4n) is 3.68. The van der Waals surface area contributed by atoms with E-state index in [0.29, 0.717) is 11.1 Å². The Kier molecular flexibility index (Phi) is 14.7. The van der Waals surface area contributed by atoms with Crippen LogP contribution in [0.3, 0.4) is 0 Å². The molecule has 0 spiro atoms. The van der Waals surface area contributed by atoms with E-state index in [0.717, 1.165) is 41.4 Å². The third-order valence-electron chi connectivity index (χ3n) is 5.47. The Hall–Kier alpha value is -3.05. The summed E-state index contributed by atoms with van der Waals surface area (Å²) in [6.07, 6.45) is -0.217. The molecule has 0 fully saturated rings. The van der Waals surface area contributed by atoms with E-state index in [1.807, 2.05) is 18.1 Å². The molecule has 0 aliphatic heterocycles. The molecule has 2 aromatic carbocycles. The van der Waals surface area contributed by atoms with E-state index in [2.05, 4.69) is 65.8 Å². The van der Waals surface area contributed by atoms with Crippen LogP contribution in [0, 0.1) is 0 Å². The van der Waals surface area contributed by atoms with Crippen molar-refractivity contribution in [2.75, 3.05) is 14.2 Å². The Morgan fingerprint density at radius 2 is 1.36 bits per heavy atom. The molecule has 2 amide bonds. The number of imidazole rings is 2. The van der Waals surface area contributed by atoms with Crippen molar-refractivity contribution < 1.29 is 65.8 Å². The van der Waals surface area contributed by atoms with Crippen LogP contribution in [-0.2, 0) is 56.2 Å². The number of hydrogen-bond acceptors (Lipinski definition) is 10. The van der Waals surface area contributed by atoms with Crippen LogP contribution >= 0.6 is 39.8 Å². The summed E-state index contributed by atoms with van der Waals surface area (Å²) in [5, 5.41) is 2.39. The zero-order valence-electron chi connectivity index (χ0n) is 22.7. The number of aromatic nitrogens is 4. The van der Waals surface area contributed by atoms with Crippen molar-refractivity contribution in [2.45, 2.75) is 0 Å². The first kappa shape index (κ1) is 37.1. The fourth-order valence-corrected chi connectivity index (χ4v) is 6.72. The van der Waals surface area contributed by atoms with Crippen LogP contribution in [0.2, 0.25) is 0 Å². The molecule has 0 saturated heterocycles. The molecular weight excluding hydrogens is 720 g/mol. The van der Waals surface area contributed by atoms with Crippen molar-refractivity contribution in [3.63, 3.8) is 0 Å². The molecule has 12 nitrogen and oxygen atoms in total. The van der Waals surface area contributed by atoms with Gasteiger partial charge in [-0.15, -0.1) is 22.7 Å². The number of carbonyl (C=O) groups is 2. The Morgan fingerprint density at radius 3 is 1.93 bits per heavy atom. The minimum absolute atomic E-state index is 0. The van der Waals surface area contributed by atoms with Gasteiger partial charge >= 0.3 is 37.1 Å². The van der Waals surface area contributed by atoms with Gasteiger partial charge in [0.05, 0.1) is 53.2 Å². The zero-order valence-corrected chi connectivity index (χ0v) is 29.1. The molecule has 0 aliphatic rings. The zero-order chi connectivity index (χ0) is 30.2. The van der Waals surface area contributed by atoms with Gasteiger partial charge in [-0.2, -0.15) is 17.2 Å². The second kappa shape index (κ2) is 17.4. The van der Waals surface area contributed by atoms with Crippen molar-refractivity contribution in [1.29, 1.82) is 0 Å². The molecule has 2 radical (unpaired) electrons. The van der Waals surface area contributed by atoms with Crippen molar-refractivity contribution in [1.82, 2.24) is 19.9 Å². The van der Waals surface area contributed by atoms with Gasteiger partial charge in [0, 0.05) is 14.3 Å². The van der Waals surface area contributed by atoms with Crippen LogP contribution in [0.1, 0.15) is 0 Å². The van der Waals surface area contributed by atoms with Gasteiger partial charge in [0.1, 0.15) is 0 Å². The van der Waals surface area contributed by atoms with Crippen molar-refractivity contribution in [3.05, 3.63) is 60.1 Å². The molecule has 0 aliphatic carbocycles. The standard InChI is InChI=1S/C22H12N4O2P2S2.2C2H5NO2.2V/c27-9-29-21-23-8-16(26-21)20-7-13-6-18-12(5-19(13)32-20)4-17(31-18)11-1-2-14-15(3-11)25-22(24-14)30-10-28;2*1-5-2(3)4;;/h1-8,29-30H,(H,23,26)(H,24,25);2*1H3,(H2,3,4);;/q-2;;;2*+2/p-2. The maximum Gasteiger partial charge on any atom is 2.00 e. The van der Waals surface area contributed by atoms with Crippen LogP contribution < -0.4 is 11.1 Å². The van der Waals surface area contributed by atoms with Crippen LogP contribution in [0.25, 0.3) is 63.7 Å². The molecule has 0 bridgehead atoms. The van der Waals surface area contributed by atoms with Crippen LogP contribution in [-0.4, -0.2) is 58.4 Å². The number of methoxy groups -OCH3 is 2. The maximum atomic E-state index is 10.7. The third-order valence-corrected chi connectivity index (χ3v) is 8.92. The Labute approximate surface area is 285 Å². The van der Waals surface area contributed by atoms with Crippen LogP contribution in [0.4, 0.5) is 9.59 Å². The van der Waals surface area contributed by atoms with Gasteiger partial charge in [-0.05, 0) is 52.7 Å². The summed E-state index contributed by atoms with van der Waals surface area (Å²) in [5.41, 5.74) is 17.1. The van der Waals surface area contributed by atoms with Gasteiger partial charge in [-0.1, -0.05) is 6.07 Å². The molecular formula is C26H20N6O6P2S2V2. The van der Waals surface area contributed by atoms with Gasteiger partial charge < -0.3 is 40.5 Å². The molecule has 4 aromatic heterocycles. The van der Waals surface area contributed by atoms with E-state index in [-0.39, 0.29) is 54.3 Å². The summed E-state index contributed by atoms with van der Waals surface area (Å²) in [7, 11) is 2.16. The maximum absolute atomic E-state index is 10.7. The summed E-state index contributed by atoms with van der Waals surface area (Å²) in [5.74, 6) is 0. The first-order valence-electron chi connectivity index (χ1n) is 11.6. The SMILES string of the molecule is COC([NH-])=O.COC([NH-])=O.O=[C-]Pc1ncc(-c2cc3cc4sc(-c5ccc6nc(P[C-]=O)[nH]c6c5)cc4cc3s2)[nH]1.[V+2].[V+2]. The summed E-state index contributed by atoms with van der Waals surface area (Å²) in [6.45, 7) is 0. The molecule has 4 N–H and O–H groups in total. The molecule has 2 unspecified atom stereocenters. The number of fused-ring (bicyclic) bond motifs is 3. The topological polar surface area (TPSA) is 192 Å². The number of nitrogens with one attached hydrogen (secondary N) is 4. The molecule has 44 heavy (non-hydrogen) atoms. The van der Waals surface area contributed by atoms with Gasteiger partial charge in [-0.3, -0.25) is 9.59 Å². The van der Waals surface area contributed by atoms with E-state index < -0.39 is 12.2 Å². The average Bonchev–Trinajstić information content (AvgIpc) is 3.76. The number of H-pyrrole nitrogens is 2. The summed E-state index contributed by atoms with van der Waals surface area (Å²) >= 11 is 3.46. The quantitative estimate of drug-likeness (QED) is 0.145. The molecule has 0 saturated carbocycles. The van der Waals surface area contributed by atoms with Gasteiger partial charge in [-0.25, -0.2) is 22.0 Å². The first-order valence-corrected chi connectivity index (χ1v) is 15.3. The van der Waals surface area contributed by atoms with Crippen molar-refractivity contribution >= 4 is 106 Å². The van der Waals surface area contributed by atoms with E-state index in [4.69, 9.17) is 11.5 Å². The predicted molar refractivity (Wildman–Crippen MR) is 171 cm³/mol. The summed E-state index contributed by atoms with van der Waals surface area (Å²) in [4.78, 5) is 57.2. The summed E-state index contributed by atoms with van der Waals surface area (Å²) in [6, 6.07) is 18.8. The van der Waals surface area contributed by atoms with Gasteiger partial charge in [0.2, 0.25) is 12.2 Å².